The van der Waals surface area contributed by atoms with E-state index < -0.39 is 0 Å². The first-order valence-electron chi connectivity index (χ1n) is 10.8. The number of hydrogen-bond donors (Lipinski definition) is 0. The number of likely N-dealkylation sites (N-methyl/N-ethyl adjacent to an activating group) is 2. The van der Waals surface area contributed by atoms with Gasteiger partial charge in [-0.3, -0.25) is 4.90 Å². The van der Waals surface area contributed by atoms with E-state index in [2.05, 4.69) is 93.8 Å². The van der Waals surface area contributed by atoms with Crippen LogP contribution < -0.4 is 0 Å². The molecule has 5 heteroatoms. The fourth-order valence-corrected chi connectivity index (χ4v) is 4.53. The lowest BCUT2D eigenvalue weighted by Crippen LogP contribution is -2.49. The van der Waals surface area contributed by atoms with Crippen LogP contribution in [0.1, 0.15) is 47.0 Å². The molecule has 5 nitrogen and oxygen atoms in total. The topological polar surface area (TPSA) is 16.2 Å². The van der Waals surface area contributed by atoms with Crippen LogP contribution in [0.5, 0.6) is 0 Å². The minimum absolute atomic E-state index is 0.328. The molecule has 0 amide bonds. The van der Waals surface area contributed by atoms with E-state index >= 15 is 0 Å². The molecule has 0 aromatic carbocycles. The van der Waals surface area contributed by atoms with E-state index in [-0.39, 0.29) is 0 Å². The molecule has 1 unspecified atom stereocenters. The van der Waals surface area contributed by atoms with Gasteiger partial charge >= 0.3 is 0 Å². The first-order valence-corrected chi connectivity index (χ1v) is 10.8. The lowest BCUT2D eigenvalue weighted by Gasteiger charge is -2.43. The average molecular weight is 392 g/mol. The molecule has 1 fully saturated rings. The second kappa shape index (κ2) is 11.6. The van der Waals surface area contributed by atoms with Crippen molar-refractivity contribution < 1.29 is 0 Å². The van der Waals surface area contributed by atoms with E-state index in [1.165, 1.54) is 24.1 Å². The summed E-state index contributed by atoms with van der Waals surface area (Å²) in [5, 5.41) is 4.36. The van der Waals surface area contributed by atoms with Gasteiger partial charge in [-0.25, -0.2) is 5.01 Å². The predicted molar refractivity (Wildman–Crippen MR) is 123 cm³/mol. The van der Waals surface area contributed by atoms with Crippen LogP contribution in [-0.4, -0.2) is 90.7 Å². The molecule has 0 bridgehead atoms. The highest BCUT2D eigenvalue weighted by atomic mass is 15.6. The van der Waals surface area contributed by atoms with Gasteiger partial charge in [0.15, 0.2) is 0 Å². The van der Waals surface area contributed by atoms with Gasteiger partial charge in [0.1, 0.15) is 0 Å². The predicted octanol–water partition coefficient (Wildman–Crippen LogP) is 3.84. The van der Waals surface area contributed by atoms with Gasteiger partial charge < -0.3 is 14.8 Å². The fourth-order valence-electron chi connectivity index (χ4n) is 4.53. The molecular formula is C23H45N5. The summed E-state index contributed by atoms with van der Waals surface area (Å²) >= 11 is 0. The van der Waals surface area contributed by atoms with Crippen molar-refractivity contribution in [1.82, 2.24) is 24.7 Å². The van der Waals surface area contributed by atoms with E-state index in [1.807, 2.05) is 12.4 Å². The van der Waals surface area contributed by atoms with Crippen LogP contribution in [0.3, 0.4) is 0 Å². The number of hydrazine groups is 1. The minimum Gasteiger partial charge on any atom is -0.351 e. The Morgan fingerprint density at radius 2 is 1.64 bits per heavy atom. The molecule has 0 aliphatic carbocycles. The fraction of sp³-hybridized carbons (Fsp3) is 0.739. The van der Waals surface area contributed by atoms with Crippen LogP contribution in [0, 0.1) is 0 Å². The Morgan fingerprint density at radius 1 is 1.07 bits per heavy atom. The highest BCUT2D eigenvalue weighted by molar-refractivity contribution is 5.23. The van der Waals surface area contributed by atoms with Gasteiger partial charge in [-0.1, -0.05) is 20.1 Å². The van der Waals surface area contributed by atoms with Crippen molar-refractivity contribution >= 4 is 0 Å². The summed E-state index contributed by atoms with van der Waals surface area (Å²) in [5.74, 6) is 0. The third-order valence-electron chi connectivity index (χ3n) is 6.55. The van der Waals surface area contributed by atoms with Crippen LogP contribution in [0.4, 0.5) is 0 Å². The molecule has 0 radical (unpaired) electrons. The summed E-state index contributed by atoms with van der Waals surface area (Å²) in [6, 6.07) is 1.40. The zero-order valence-electron chi connectivity index (χ0n) is 19.8. The standard InChI is InChI=1S/C23H45N5/c1-11-22(26(10)25(9)12-2)19(5)23(27(13-3)14-4)20(6)28-17-15-21(16-18-28)24(7)8/h12-13,20-22H,2-3,11,14-18H2,1,4-10H3/b23-19-/t20?,22-/m1/s1. The second-order valence-corrected chi connectivity index (χ2v) is 8.20. The summed E-state index contributed by atoms with van der Waals surface area (Å²) in [6.07, 6.45) is 7.39. The van der Waals surface area contributed by atoms with Crippen molar-refractivity contribution in [3.8, 4) is 0 Å². The van der Waals surface area contributed by atoms with E-state index in [0.29, 0.717) is 18.1 Å². The third kappa shape index (κ3) is 5.85. The maximum absolute atomic E-state index is 4.11. The van der Waals surface area contributed by atoms with Crippen molar-refractivity contribution in [2.24, 2.45) is 0 Å². The number of hydrogen-bond acceptors (Lipinski definition) is 5. The van der Waals surface area contributed by atoms with E-state index in [0.717, 1.165) is 26.1 Å². The molecule has 0 spiro atoms. The van der Waals surface area contributed by atoms with Gasteiger partial charge in [0, 0.05) is 57.7 Å². The van der Waals surface area contributed by atoms with Crippen LogP contribution in [0.15, 0.2) is 36.8 Å². The van der Waals surface area contributed by atoms with Gasteiger partial charge in [-0.15, -0.1) is 0 Å². The number of piperidine rings is 1. The molecule has 0 aromatic rings. The summed E-state index contributed by atoms with van der Waals surface area (Å²) in [5.41, 5.74) is 2.82. The van der Waals surface area contributed by atoms with E-state index in [4.69, 9.17) is 0 Å². The largest absolute Gasteiger partial charge is 0.351 e. The molecule has 1 heterocycles. The lowest BCUT2D eigenvalue weighted by atomic mass is 9.96. The molecular weight excluding hydrogens is 346 g/mol. The maximum Gasteiger partial charge on any atom is 0.0514 e. The Bertz CT molecular complexity index is 519. The quantitative estimate of drug-likeness (QED) is 0.496. The van der Waals surface area contributed by atoms with Gasteiger partial charge in [-0.2, -0.15) is 0 Å². The molecule has 28 heavy (non-hydrogen) atoms. The molecule has 0 saturated carbocycles. The van der Waals surface area contributed by atoms with Crippen molar-refractivity contribution in [2.45, 2.75) is 65.1 Å². The Balaban J connectivity index is 3.21. The normalized spacial score (nSPS) is 19.4. The molecule has 0 N–H and O–H groups in total. The molecule has 1 saturated heterocycles. The molecule has 1 rings (SSSR count). The van der Waals surface area contributed by atoms with Gasteiger partial charge in [0.25, 0.3) is 0 Å². The van der Waals surface area contributed by atoms with Crippen molar-refractivity contribution in [3.05, 3.63) is 36.8 Å². The van der Waals surface area contributed by atoms with E-state index in [1.54, 1.807) is 0 Å². The van der Waals surface area contributed by atoms with Crippen molar-refractivity contribution in [3.63, 3.8) is 0 Å². The SMILES string of the molecule is C=CN(CC)/C(=C(/C)[C@@H](CC)N(C)N(C)C=C)C(C)N1CCC(N(C)C)CC1. The number of nitrogens with zero attached hydrogens (tertiary/aromatic N) is 5. The third-order valence-corrected chi connectivity index (χ3v) is 6.55. The van der Waals surface area contributed by atoms with Crippen molar-refractivity contribution in [2.75, 3.05) is 47.8 Å². The lowest BCUT2D eigenvalue weighted by molar-refractivity contribution is 0.0419. The average Bonchev–Trinajstić information content (AvgIpc) is 2.70. The van der Waals surface area contributed by atoms with Gasteiger partial charge in [0.05, 0.1) is 6.04 Å². The van der Waals surface area contributed by atoms with Crippen LogP contribution in [0.25, 0.3) is 0 Å². The highest BCUT2D eigenvalue weighted by Crippen LogP contribution is 2.28. The van der Waals surface area contributed by atoms with Gasteiger partial charge in [0.2, 0.25) is 0 Å². The summed E-state index contributed by atoms with van der Waals surface area (Å²) in [6.45, 7) is 20.4. The van der Waals surface area contributed by atoms with Crippen LogP contribution >= 0.6 is 0 Å². The Labute approximate surface area is 174 Å². The number of likely N-dealkylation sites (tertiary alicyclic amines) is 1. The highest BCUT2D eigenvalue weighted by Gasteiger charge is 2.30. The molecule has 0 aromatic heterocycles. The molecule has 2 atom stereocenters. The maximum atomic E-state index is 4.11. The van der Waals surface area contributed by atoms with Crippen LogP contribution in [-0.2, 0) is 0 Å². The molecule has 1 aliphatic heterocycles. The summed E-state index contributed by atoms with van der Waals surface area (Å²) < 4.78 is 0. The zero-order valence-corrected chi connectivity index (χ0v) is 19.8. The second-order valence-electron chi connectivity index (χ2n) is 8.20. The Kier molecular flexibility index (Phi) is 10.3. The Hall–Kier alpha value is -1.30. The Morgan fingerprint density at radius 3 is 2.04 bits per heavy atom. The van der Waals surface area contributed by atoms with E-state index in [9.17, 15) is 0 Å². The summed E-state index contributed by atoms with van der Waals surface area (Å²) in [7, 11) is 8.61. The smallest absolute Gasteiger partial charge is 0.0514 e. The molecule has 1 aliphatic rings. The monoisotopic (exact) mass is 391 g/mol. The summed E-state index contributed by atoms with van der Waals surface area (Å²) in [4.78, 5) is 7.36. The van der Waals surface area contributed by atoms with Crippen molar-refractivity contribution in [1.29, 1.82) is 0 Å². The minimum atomic E-state index is 0.328. The van der Waals surface area contributed by atoms with Gasteiger partial charge in [-0.05, 0) is 65.9 Å². The first-order chi connectivity index (χ1) is 13.2. The first kappa shape index (κ1) is 24.7. The molecule has 162 valence electrons. The zero-order chi connectivity index (χ0) is 21.4. The number of rotatable bonds is 11. The van der Waals surface area contributed by atoms with Crippen LogP contribution in [0.2, 0.25) is 0 Å².